The van der Waals surface area contributed by atoms with Gasteiger partial charge in [0.15, 0.2) is 0 Å². The third kappa shape index (κ3) is 3.43. The van der Waals surface area contributed by atoms with E-state index in [0.717, 1.165) is 29.0 Å². The molecular weight excluding hydrogens is 318 g/mol. The van der Waals surface area contributed by atoms with Gasteiger partial charge in [0.25, 0.3) is 0 Å². The summed E-state index contributed by atoms with van der Waals surface area (Å²) in [4.78, 5) is 14.4. The lowest BCUT2D eigenvalue weighted by Gasteiger charge is -2.35. The van der Waals surface area contributed by atoms with E-state index in [1.165, 1.54) is 6.42 Å². The SMILES string of the molecule is Cc1nn(CCC(=O)N2C[C@H](C)C[C@H](C)C2)c(C)c1Br. The third-order valence-corrected chi connectivity index (χ3v) is 5.20. The Balaban J connectivity index is 1.93. The predicted octanol–water partition coefficient (Wildman–Crippen LogP) is 3.16. The van der Waals surface area contributed by atoms with Gasteiger partial charge in [-0.3, -0.25) is 9.48 Å². The number of carbonyl (C=O) groups excluding carboxylic acids is 1. The fraction of sp³-hybridized carbons (Fsp3) is 0.733. The van der Waals surface area contributed by atoms with Crippen molar-refractivity contribution in [2.75, 3.05) is 13.1 Å². The summed E-state index contributed by atoms with van der Waals surface area (Å²) in [5.74, 6) is 1.49. The molecule has 0 unspecified atom stereocenters. The first-order valence-corrected chi connectivity index (χ1v) is 8.15. The van der Waals surface area contributed by atoms with Gasteiger partial charge in [0, 0.05) is 25.2 Å². The molecule has 0 aromatic carbocycles. The summed E-state index contributed by atoms with van der Waals surface area (Å²) >= 11 is 3.52. The first-order valence-electron chi connectivity index (χ1n) is 7.35. The van der Waals surface area contributed by atoms with Crippen molar-refractivity contribution in [2.45, 2.75) is 47.1 Å². The molecule has 1 aromatic heterocycles. The molecule has 20 heavy (non-hydrogen) atoms. The molecule has 2 heterocycles. The van der Waals surface area contributed by atoms with Crippen molar-refractivity contribution < 1.29 is 4.79 Å². The first kappa shape index (κ1) is 15.5. The highest BCUT2D eigenvalue weighted by Gasteiger charge is 2.25. The molecule has 1 aliphatic rings. The molecule has 1 saturated heterocycles. The maximum atomic E-state index is 12.3. The number of halogens is 1. The van der Waals surface area contributed by atoms with Crippen LogP contribution in [0.2, 0.25) is 0 Å². The van der Waals surface area contributed by atoms with E-state index in [1.54, 1.807) is 0 Å². The second-order valence-corrected chi connectivity index (χ2v) is 7.00. The number of carbonyl (C=O) groups is 1. The number of aromatic nitrogens is 2. The van der Waals surface area contributed by atoms with Crippen LogP contribution >= 0.6 is 15.9 Å². The van der Waals surface area contributed by atoms with Gasteiger partial charge < -0.3 is 4.90 Å². The Hall–Kier alpha value is -0.840. The molecular formula is C15H24BrN3O. The minimum atomic E-state index is 0.257. The van der Waals surface area contributed by atoms with Crippen molar-refractivity contribution in [3.05, 3.63) is 15.9 Å². The topological polar surface area (TPSA) is 38.1 Å². The van der Waals surface area contributed by atoms with E-state index in [9.17, 15) is 4.79 Å². The van der Waals surface area contributed by atoms with Crippen LogP contribution in [0.15, 0.2) is 4.47 Å². The van der Waals surface area contributed by atoms with E-state index >= 15 is 0 Å². The van der Waals surface area contributed by atoms with Crippen LogP contribution in [0, 0.1) is 25.7 Å². The Labute approximate surface area is 129 Å². The van der Waals surface area contributed by atoms with E-state index in [-0.39, 0.29) is 5.91 Å². The molecule has 0 bridgehead atoms. The number of likely N-dealkylation sites (tertiary alicyclic amines) is 1. The summed E-state index contributed by atoms with van der Waals surface area (Å²) in [5, 5.41) is 4.46. The Morgan fingerprint density at radius 3 is 2.40 bits per heavy atom. The first-order chi connectivity index (χ1) is 9.38. The normalized spacial score (nSPS) is 23.1. The number of aryl methyl sites for hydroxylation is 2. The summed E-state index contributed by atoms with van der Waals surface area (Å²) in [5.41, 5.74) is 2.07. The van der Waals surface area contributed by atoms with Crippen molar-refractivity contribution in [2.24, 2.45) is 11.8 Å². The van der Waals surface area contributed by atoms with Gasteiger partial charge in [-0.25, -0.2) is 0 Å². The lowest BCUT2D eigenvalue weighted by atomic mass is 9.92. The monoisotopic (exact) mass is 341 g/mol. The average Bonchev–Trinajstić information content (AvgIpc) is 2.62. The van der Waals surface area contributed by atoms with Crippen LogP contribution in [0.25, 0.3) is 0 Å². The maximum Gasteiger partial charge on any atom is 0.224 e. The minimum Gasteiger partial charge on any atom is -0.342 e. The standard InChI is InChI=1S/C15H24BrN3O/c1-10-7-11(2)9-18(8-10)14(20)5-6-19-13(4)15(16)12(3)17-19/h10-11H,5-9H2,1-4H3/t10-,11+. The molecule has 0 saturated carbocycles. The second kappa shape index (κ2) is 6.29. The number of rotatable bonds is 3. The van der Waals surface area contributed by atoms with Gasteiger partial charge in [0.05, 0.1) is 16.7 Å². The highest BCUT2D eigenvalue weighted by molar-refractivity contribution is 9.10. The Morgan fingerprint density at radius 1 is 1.30 bits per heavy atom. The van der Waals surface area contributed by atoms with Crippen LogP contribution < -0.4 is 0 Å². The smallest absolute Gasteiger partial charge is 0.224 e. The molecule has 0 radical (unpaired) electrons. The maximum absolute atomic E-state index is 12.3. The average molecular weight is 342 g/mol. The molecule has 0 spiro atoms. The molecule has 0 N–H and O–H groups in total. The molecule has 112 valence electrons. The molecule has 5 heteroatoms. The van der Waals surface area contributed by atoms with E-state index in [4.69, 9.17) is 0 Å². The summed E-state index contributed by atoms with van der Waals surface area (Å²) in [7, 11) is 0. The number of piperidine rings is 1. The molecule has 0 aliphatic carbocycles. The molecule has 1 aliphatic heterocycles. The third-order valence-electron chi connectivity index (χ3n) is 4.05. The van der Waals surface area contributed by atoms with Gasteiger partial charge in [-0.15, -0.1) is 0 Å². The van der Waals surface area contributed by atoms with Crippen LogP contribution in [0.5, 0.6) is 0 Å². The van der Waals surface area contributed by atoms with E-state index in [0.29, 0.717) is 24.8 Å². The molecule has 1 fully saturated rings. The van der Waals surface area contributed by atoms with Crippen molar-refractivity contribution in [3.8, 4) is 0 Å². The highest BCUT2D eigenvalue weighted by Crippen LogP contribution is 2.22. The Kier molecular flexibility index (Phi) is 4.89. The molecule has 2 rings (SSSR count). The summed E-state index contributed by atoms with van der Waals surface area (Å²) in [6.07, 6.45) is 1.77. The van der Waals surface area contributed by atoms with Crippen LogP contribution in [0.4, 0.5) is 0 Å². The van der Waals surface area contributed by atoms with Crippen molar-refractivity contribution in [1.82, 2.24) is 14.7 Å². The number of nitrogens with zero attached hydrogens (tertiary/aromatic N) is 3. The summed E-state index contributed by atoms with van der Waals surface area (Å²) in [6, 6.07) is 0. The zero-order chi connectivity index (χ0) is 14.9. The van der Waals surface area contributed by atoms with Gasteiger partial charge in [-0.2, -0.15) is 5.10 Å². The van der Waals surface area contributed by atoms with Crippen LogP contribution in [-0.2, 0) is 11.3 Å². The quantitative estimate of drug-likeness (QED) is 0.846. The lowest BCUT2D eigenvalue weighted by molar-refractivity contribution is -0.134. The highest BCUT2D eigenvalue weighted by atomic mass is 79.9. The lowest BCUT2D eigenvalue weighted by Crippen LogP contribution is -2.42. The summed E-state index contributed by atoms with van der Waals surface area (Å²) in [6.45, 7) is 10.9. The Morgan fingerprint density at radius 2 is 1.90 bits per heavy atom. The fourth-order valence-corrected chi connectivity index (χ4v) is 3.40. The van der Waals surface area contributed by atoms with Gasteiger partial charge in [0.2, 0.25) is 5.91 Å². The minimum absolute atomic E-state index is 0.257. The van der Waals surface area contributed by atoms with Crippen LogP contribution in [-0.4, -0.2) is 33.7 Å². The molecule has 2 atom stereocenters. The second-order valence-electron chi connectivity index (χ2n) is 6.20. The zero-order valence-corrected chi connectivity index (χ0v) is 14.4. The summed E-state index contributed by atoms with van der Waals surface area (Å²) < 4.78 is 2.97. The molecule has 1 aromatic rings. The van der Waals surface area contributed by atoms with Crippen molar-refractivity contribution in [3.63, 3.8) is 0 Å². The van der Waals surface area contributed by atoms with E-state index in [2.05, 4.69) is 34.9 Å². The zero-order valence-electron chi connectivity index (χ0n) is 12.8. The van der Waals surface area contributed by atoms with E-state index in [1.807, 2.05) is 23.4 Å². The fourth-order valence-electron chi connectivity index (χ4n) is 3.12. The van der Waals surface area contributed by atoms with Gasteiger partial charge >= 0.3 is 0 Å². The molecule has 4 nitrogen and oxygen atoms in total. The number of hydrogen-bond acceptors (Lipinski definition) is 2. The molecule has 1 amide bonds. The van der Waals surface area contributed by atoms with Gasteiger partial charge in [-0.1, -0.05) is 13.8 Å². The van der Waals surface area contributed by atoms with Crippen LogP contribution in [0.3, 0.4) is 0 Å². The van der Waals surface area contributed by atoms with Crippen LogP contribution in [0.1, 0.15) is 38.1 Å². The van der Waals surface area contributed by atoms with Gasteiger partial charge in [-0.05, 0) is 48.0 Å². The number of amides is 1. The number of hydrogen-bond donors (Lipinski definition) is 0. The Bertz CT molecular complexity index is 488. The van der Waals surface area contributed by atoms with Crippen molar-refractivity contribution >= 4 is 21.8 Å². The largest absolute Gasteiger partial charge is 0.342 e. The predicted molar refractivity (Wildman–Crippen MR) is 83.5 cm³/mol. The van der Waals surface area contributed by atoms with Gasteiger partial charge in [0.1, 0.15) is 0 Å². The van der Waals surface area contributed by atoms with E-state index < -0.39 is 0 Å². The van der Waals surface area contributed by atoms with Crippen molar-refractivity contribution in [1.29, 1.82) is 0 Å².